The van der Waals surface area contributed by atoms with E-state index < -0.39 is 0 Å². The number of benzene rings is 1. The van der Waals surface area contributed by atoms with Gasteiger partial charge in [0.05, 0.1) is 6.20 Å². The number of rotatable bonds is 6. The molecule has 0 amide bonds. The van der Waals surface area contributed by atoms with E-state index in [1.54, 1.807) is 11.7 Å². The van der Waals surface area contributed by atoms with Crippen molar-refractivity contribution in [1.29, 1.82) is 5.26 Å². The molecule has 1 unspecified atom stereocenters. The number of aromatic nitrogens is 2. The van der Waals surface area contributed by atoms with Crippen LogP contribution in [0.3, 0.4) is 0 Å². The zero-order chi connectivity index (χ0) is 15.2. The van der Waals surface area contributed by atoms with Crippen molar-refractivity contribution in [2.45, 2.75) is 6.42 Å². The van der Waals surface area contributed by atoms with Gasteiger partial charge in [-0.15, -0.1) is 0 Å². The minimum atomic E-state index is 0.0765. The van der Waals surface area contributed by atoms with Crippen LogP contribution in [0.2, 0.25) is 0 Å². The van der Waals surface area contributed by atoms with E-state index >= 15 is 0 Å². The first-order valence-corrected chi connectivity index (χ1v) is 7.44. The number of aryl methyl sites for hydroxylation is 1. The molecule has 0 saturated carbocycles. The second kappa shape index (κ2) is 7.25. The number of nitriles is 1. The van der Waals surface area contributed by atoms with Gasteiger partial charge in [-0.1, -0.05) is 28.1 Å². The monoisotopic (exact) mass is 348 g/mol. The third-order valence-electron chi connectivity index (χ3n) is 3.31. The SMILES string of the molecule is Cn1ncc(C#N)c1NCC(CO)Cc1ccc(Br)cc1. The molecular weight excluding hydrogens is 332 g/mol. The van der Waals surface area contributed by atoms with Gasteiger partial charge >= 0.3 is 0 Å². The van der Waals surface area contributed by atoms with Crippen LogP contribution in [-0.2, 0) is 13.5 Å². The summed E-state index contributed by atoms with van der Waals surface area (Å²) in [5.74, 6) is 0.763. The summed E-state index contributed by atoms with van der Waals surface area (Å²) in [6, 6.07) is 10.2. The predicted octanol–water partition coefficient (Wildman–Crippen LogP) is 2.32. The van der Waals surface area contributed by atoms with Gasteiger partial charge in [0.1, 0.15) is 17.5 Å². The highest BCUT2D eigenvalue weighted by Crippen LogP contribution is 2.16. The second-order valence-electron chi connectivity index (χ2n) is 4.90. The molecule has 2 aromatic rings. The molecule has 21 heavy (non-hydrogen) atoms. The van der Waals surface area contributed by atoms with E-state index in [-0.39, 0.29) is 12.5 Å². The average molecular weight is 349 g/mol. The molecule has 2 N–H and O–H groups in total. The van der Waals surface area contributed by atoms with Crippen LogP contribution in [0.4, 0.5) is 5.82 Å². The summed E-state index contributed by atoms with van der Waals surface area (Å²) in [6.07, 6.45) is 2.31. The Labute approximate surface area is 132 Å². The minimum absolute atomic E-state index is 0.0765. The minimum Gasteiger partial charge on any atom is -0.396 e. The van der Waals surface area contributed by atoms with E-state index in [9.17, 15) is 5.11 Å². The van der Waals surface area contributed by atoms with E-state index in [0.717, 1.165) is 10.9 Å². The highest BCUT2D eigenvalue weighted by atomic mass is 79.9. The van der Waals surface area contributed by atoms with E-state index in [4.69, 9.17) is 5.26 Å². The number of hydrogen-bond donors (Lipinski definition) is 2. The van der Waals surface area contributed by atoms with Gasteiger partial charge in [0.15, 0.2) is 0 Å². The van der Waals surface area contributed by atoms with Gasteiger partial charge in [0, 0.05) is 30.6 Å². The lowest BCUT2D eigenvalue weighted by Crippen LogP contribution is -2.21. The molecule has 0 aliphatic rings. The molecule has 5 nitrogen and oxygen atoms in total. The van der Waals surface area contributed by atoms with Gasteiger partial charge in [0.25, 0.3) is 0 Å². The quantitative estimate of drug-likeness (QED) is 0.839. The fraction of sp³-hybridized carbons (Fsp3) is 0.333. The summed E-state index contributed by atoms with van der Waals surface area (Å²) in [5, 5.41) is 25.8. The molecular formula is C15H17BrN4O. The van der Waals surface area contributed by atoms with E-state index in [2.05, 4.69) is 32.4 Å². The lowest BCUT2D eigenvalue weighted by atomic mass is 10.00. The standard InChI is InChI=1S/C15H17BrN4O/c1-20-15(13(7-17)9-19-20)18-8-12(10-21)6-11-2-4-14(16)5-3-11/h2-5,9,12,18,21H,6,8,10H2,1H3. The van der Waals surface area contributed by atoms with E-state index in [0.29, 0.717) is 17.9 Å². The van der Waals surface area contributed by atoms with E-state index in [1.165, 1.54) is 11.8 Å². The van der Waals surface area contributed by atoms with Crippen molar-refractivity contribution >= 4 is 21.7 Å². The Kier molecular flexibility index (Phi) is 5.37. The first-order chi connectivity index (χ1) is 10.1. The maximum atomic E-state index is 9.53. The van der Waals surface area contributed by atoms with Crippen molar-refractivity contribution in [2.24, 2.45) is 13.0 Å². The number of aliphatic hydroxyl groups is 1. The molecule has 0 spiro atoms. The molecule has 2 rings (SSSR count). The fourth-order valence-corrected chi connectivity index (χ4v) is 2.39. The first kappa shape index (κ1) is 15.5. The van der Waals surface area contributed by atoms with Crippen molar-refractivity contribution in [2.75, 3.05) is 18.5 Å². The summed E-state index contributed by atoms with van der Waals surface area (Å²) in [5.41, 5.74) is 1.68. The van der Waals surface area contributed by atoms with Crippen LogP contribution in [0.15, 0.2) is 34.9 Å². The fourth-order valence-electron chi connectivity index (χ4n) is 2.13. The number of nitrogens with one attached hydrogen (secondary N) is 1. The summed E-state index contributed by atoms with van der Waals surface area (Å²) in [6.45, 7) is 0.670. The molecule has 1 aromatic carbocycles. The number of hydrogen-bond acceptors (Lipinski definition) is 4. The zero-order valence-electron chi connectivity index (χ0n) is 11.8. The van der Waals surface area contributed by atoms with Crippen molar-refractivity contribution in [3.05, 3.63) is 46.1 Å². The summed E-state index contributed by atoms with van der Waals surface area (Å²) in [4.78, 5) is 0. The highest BCUT2D eigenvalue weighted by molar-refractivity contribution is 9.10. The van der Waals surface area contributed by atoms with Crippen LogP contribution in [0.5, 0.6) is 0 Å². The molecule has 0 aliphatic heterocycles. The molecule has 0 bridgehead atoms. The molecule has 0 radical (unpaired) electrons. The summed E-state index contributed by atoms with van der Waals surface area (Å²) in [7, 11) is 1.78. The maximum absolute atomic E-state index is 9.53. The summed E-state index contributed by atoms with van der Waals surface area (Å²) >= 11 is 3.41. The Balaban J connectivity index is 1.98. The summed E-state index contributed by atoms with van der Waals surface area (Å²) < 4.78 is 2.67. The number of anilines is 1. The van der Waals surface area contributed by atoms with Gasteiger partial charge in [-0.3, -0.25) is 4.68 Å². The predicted molar refractivity (Wildman–Crippen MR) is 84.8 cm³/mol. The average Bonchev–Trinajstić information content (AvgIpc) is 2.86. The third kappa shape index (κ3) is 4.06. The van der Waals surface area contributed by atoms with Crippen molar-refractivity contribution < 1.29 is 5.11 Å². The van der Waals surface area contributed by atoms with Crippen LogP contribution in [0.25, 0.3) is 0 Å². The van der Waals surface area contributed by atoms with Crippen LogP contribution >= 0.6 is 15.9 Å². The molecule has 1 heterocycles. The molecule has 0 saturated heterocycles. The largest absolute Gasteiger partial charge is 0.396 e. The normalized spacial score (nSPS) is 11.9. The van der Waals surface area contributed by atoms with Crippen LogP contribution in [0.1, 0.15) is 11.1 Å². The van der Waals surface area contributed by atoms with Crippen LogP contribution in [0, 0.1) is 17.2 Å². The number of halogens is 1. The molecule has 1 atom stereocenters. The Morgan fingerprint density at radius 1 is 1.43 bits per heavy atom. The molecule has 1 aromatic heterocycles. The Bertz CT molecular complexity index is 630. The van der Waals surface area contributed by atoms with Crippen LogP contribution in [-0.4, -0.2) is 28.0 Å². The Hall–Kier alpha value is -1.84. The van der Waals surface area contributed by atoms with Gasteiger partial charge < -0.3 is 10.4 Å². The maximum Gasteiger partial charge on any atom is 0.142 e. The molecule has 0 aliphatic carbocycles. The zero-order valence-corrected chi connectivity index (χ0v) is 13.3. The van der Waals surface area contributed by atoms with Gasteiger partial charge in [-0.05, 0) is 24.1 Å². The lowest BCUT2D eigenvalue weighted by Gasteiger charge is -2.16. The second-order valence-corrected chi connectivity index (χ2v) is 5.82. The van der Waals surface area contributed by atoms with Crippen LogP contribution < -0.4 is 5.32 Å². The van der Waals surface area contributed by atoms with Gasteiger partial charge in [-0.2, -0.15) is 10.4 Å². The molecule has 0 fully saturated rings. The van der Waals surface area contributed by atoms with Crippen molar-refractivity contribution in [3.8, 4) is 6.07 Å². The van der Waals surface area contributed by atoms with Crippen molar-refractivity contribution in [1.82, 2.24) is 9.78 Å². The van der Waals surface area contributed by atoms with Gasteiger partial charge in [-0.25, -0.2) is 0 Å². The topological polar surface area (TPSA) is 73.9 Å². The Morgan fingerprint density at radius 3 is 2.76 bits per heavy atom. The molecule has 6 heteroatoms. The highest BCUT2D eigenvalue weighted by Gasteiger charge is 2.12. The smallest absolute Gasteiger partial charge is 0.142 e. The third-order valence-corrected chi connectivity index (χ3v) is 3.84. The van der Waals surface area contributed by atoms with Gasteiger partial charge in [0.2, 0.25) is 0 Å². The van der Waals surface area contributed by atoms with E-state index in [1.807, 2.05) is 24.3 Å². The molecule has 110 valence electrons. The number of aliphatic hydroxyl groups excluding tert-OH is 1. The first-order valence-electron chi connectivity index (χ1n) is 6.65. The van der Waals surface area contributed by atoms with Crippen molar-refractivity contribution in [3.63, 3.8) is 0 Å². The lowest BCUT2D eigenvalue weighted by molar-refractivity contribution is 0.232. The number of nitrogens with zero attached hydrogens (tertiary/aromatic N) is 3. The Morgan fingerprint density at radius 2 is 2.14 bits per heavy atom.